The highest BCUT2D eigenvalue weighted by molar-refractivity contribution is 5.69. The third-order valence-electron chi connectivity index (χ3n) is 10.4. The molecule has 2 saturated carbocycles. The van der Waals surface area contributed by atoms with Gasteiger partial charge in [-0.05, 0) is 38.5 Å². The van der Waals surface area contributed by atoms with E-state index in [4.69, 9.17) is 18.9 Å². The van der Waals surface area contributed by atoms with Crippen LogP contribution in [0.25, 0.3) is 0 Å². The van der Waals surface area contributed by atoms with Gasteiger partial charge >= 0.3 is 11.9 Å². The molecule has 0 aromatic rings. The number of rotatable bonds is 29. The van der Waals surface area contributed by atoms with Crippen LogP contribution < -0.4 is 0 Å². The van der Waals surface area contributed by atoms with E-state index in [1.165, 1.54) is 128 Å². The van der Waals surface area contributed by atoms with Gasteiger partial charge in [-0.1, -0.05) is 142 Å². The fourth-order valence-corrected chi connectivity index (χ4v) is 7.36. The van der Waals surface area contributed by atoms with Crippen LogP contribution in [0.1, 0.15) is 180 Å². The molecule has 0 saturated heterocycles. The van der Waals surface area contributed by atoms with Crippen molar-refractivity contribution in [1.29, 1.82) is 0 Å². The second-order valence-corrected chi connectivity index (χ2v) is 14.6. The van der Waals surface area contributed by atoms with E-state index < -0.39 is 0 Å². The van der Waals surface area contributed by atoms with Gasteiger partial charge in [0.2, 0.25) is 0 Å². The Bertz CT molecular complexity index is 730. The van der Waals surface area contributed by atoms with Crippen molar-refractivity contribution in [2.75, 3.05) is 26.4 Å². The molecule has 6 heteroatoms. The molecule has 0 heterocycles. The molecule has 2 rings (SSSR count). The second kappa shape index (κ2) is 26.0. The Morgan fingerprint density at radius 2 is 0.717 bits per heavy atom. The number of esters is 2. The van der Waals surface area contributed by atoms with Crippen LogP contribution in [-0.4, -0.2) is 38.4 Å². The van der Waals surface area contributed by atoms with E-state index in [1.807, 2.05) is 0 Å². The molecule has 2 aliphatic carbocycles. The fourth-order valence-electron chi connectivity index (χ4n) is 7.36. The van der Waals surface area contributed by atoms with Gasteiger partial charge in [0, 0.05) is 23.7 Å². The number of carbonyl (C=O) groups excluding carboxylic acids is 2. The zero-order chi connectivity index (χ0) is 33.0. The summed E-state index contributed by atoms with van der Waals surface area (Å²) in [6.07, 6.45) is 35.5. The highest BCUT2D eigenvalue weighted by Crippen LogP contribution is 2.38. The summed E-state index contributed by atoms with van der Waals surface area (Å²) in [5, 5.41) is 0. The summed E-state index contributed by atoms with van der Waals surface area (Å²) in [5.41, 5.74) is -0.0221. The van der Waals surface area contributed by atoms with Gasteiger partial charge in [0.15, 0.2) is 0 Å². The molecule has 6 nitrogen and oxygen atoms in total. The molecule has 0 radical (unpaired) electrons. The fraction of sp³-hybridized carbons (Fsp3) is 0.850. The lowest BCUT2D eigenvalue weighted by molar-refractivity contribution is -0.150. The summed E-state index contributed by atoms with van der Waals surface area (Å²) in [4.78, 5) is 24.5. The van der Waals surface area contributed by atoms with E-state index in [0.29, 0.717) is 39.3 Å². The maximum atomic E-state index is 12.3. The summed E-state index contributed by atoms with van der Waals surface area (Å²) < 4.78 is 22.3. The monoisotopic (exact) mass is 647 g/mol. The molecule has 266 valence electrons. The Morgan fingerprint density at radius 1 is 0.435 bits per heavy atom. The van der Waals surface area contributed by atoms with Crippen molar-refractivity contribution in [3.8, 4) is 0 Å². The van der Waals surface area contributed by atoms with Crippen molar-refractivity contribution < 1.29 is 28.5 Å². The highest BCUT2D eigenvalue weighted by Gasteiger charge is 2.35. The lowest BCUT2D eigenvalue weighted by atomic mass is 9.75. The van der Waals surface area contributed by atoms with Crippen LogP contribution in [0.15, 0.2) is 25.7 Å². The molecule has 0 aromatic heterocycles. The van der Waals surface area contributed by atoms with Crippen molar-refractivity contribution in [1.82, 2.24) is 0 Å². The lowest BCUT2D eigenvalue weighted by Gasteiger charge is -2.35. The average Bonchev–Trinajstić information content (AvgIpc) is 3.08. The van der Waals surface area contributed by atoms with Crippen LogP contribution in [0.3, 0.4) is 0 Å². The molecule has 2 fully saturated rings. The van der Waals surface area contributed by atoms with Gasteiger partial charge in [0.25, 0.3) is 0 Å². The third-order valence-corrected chi connectivity index (χ3v) is 10.4. The van der Waals surface area contributed by atoms with E-state index >= 15 is 0 Å². The van der Waals surface area contributed by atoms with Crippen molar-refractivity contribution >= 4 is 11.9 Å². The smallest absolute Gasteiger partial charge is 0.305 e. The molecule has 0 N–H and O–H groups in total. The minimum absolute atomic E-state index is 0.0111. The molecule has 46 heavy (non-hydrogen) atoms. The Labute approximate surface area is 282 Å². The molecular weight excluding hydrogens is 576 g/mol. The first-order valence-electron chi connectivity index (χ1n) is 19.3. The van der Waals surface area contributed by atoms with Crippen molar-refractivity contribution in [2.45, 2.75) is 180 Å². The Morgan fingerprint density at radius 3 is 1.00 bits per heavy atom. The minimum Gasteiger partial charge on any atom is -0.501 e. The molecule has 0 aliphatic heterocycles. The average molecular weight is 647 g/mol. The second-order valence-electron chi connectivity index (χ2n) is 14.6. The summed E-state index contributed by atoms with van der Waals surface area (Å²) >= 11 is 0. The quantitative estimate of drug-likeness (QED) is 0.0457. The molecule has 0 spiro atoms. The van der Waals surface area contributed by atoms with Crippen LogP contribution in [0.2, 0.25) is 0 Å². The van der Waals surface area contributed by atoms with Gasteiger partial charge in [0.1, 0.15) is 13.2 Å². The van der Waals surface area contributed by atoms with E-state index in [-0.39, 0.29) is 22.8 Å². The zero-order valence-corrected chi connectivity index (χ0v) is 29.6. The third kappa shape index (κ3) is 19.0. The van der Waals surface area contributed by atoms with Gasteiger partial charge < -0.3 is 18.9 Å². The maximum absolute atomic E-state index is 12.3. The Hall–Kier alpha value is -1.98. The zero-order valence-electron chi connectivity index (χ0n) is 29.6. The van der Waals surface area contributed by atoms with E-state index in [1.54, 1.807) is 0 Å². The summed E-state index contributed by atoms with van der Waals surface area (Å²) in [6, 6.07) is 0. The van der Waals surface area contributed by atoms with E-state index in [2.05, 4.69) is 13.2 Å². The molecule has 2 aliphatic rings. The molecule has 0 bridgehead atoms. The molecule has 0 unspecified atom stereocenters. The topological polar surface area (TPSA) is 71.1 Å². The SMILES string of the molecule is C=COCC1(COC(=O)CCCCCCCCCCCCCCCCCCC(=O)OCC2(COC=C)CCCCC2)CCCCC1. The summed E-state index contributed by atoms with van der Waals surface area (Å²) in [7, 11) is 0. The number of carbonyl (C=O) groups is 2. The van der Waals surface area contributed by atoms with Gasteiger partial charge in [-0.3, -0.25) is 9.59 Å². The molecular formula is C40H70O6. The predicted molar refractivity (Wildman–Crippen MR) is 188 cm³/mol. The standard InChI is InChI=1S/C40H70O6/c1-3-43-33-39(29-23-19-24-30-39)35-45-37(41)27-21-17-15-13-11-9-7-5-6-8-10-12-14-16-18-22-28-38(42)46-36-40(34-44-4-2)31-25-20-26-32-40/h3-4H,1-2,5-36H2. The normalized spacial score (nSPS) is 17.1. The van der Waals surface area contributed by atoms with Crippen molar-refractivity contribution in [3.63, 3.8) is 0 Å². The van der Waals surface area contributed by atoms with Gasteiger partial charge in [-0.25, -0.2) is 0 Å². The summed E-state index contributed by atoms with van der Waals surface area (Å²) in [6.45, 7) is 9.53. The molecule has 0 amide bonds. The maximum Gasteiger partial charge on any atom is 0.305 e. The Balaban J connectivity index is 1.30. The van der Waals surface area contributed by atoms with Gasteiger partial charge in [0.05, 0.1) is 25.7 Å². The van der Waals surface area contributed by atoms with Crippen LogP contribution in [0, 0.1) is 10.8 Å². The first kappa shape index (κ1) is 40.2. The Kier molecular flexibility index (Phi) is 22.7. The highest BCUT2D eigenvalue weighted by atomic mass is 16.5. The van der Waals surface area contributed by atoms with Crippen LogP contribution in [0.5, 0.6) is 0 Å². The molecule has 0 aromatic carbocycles. The minimum atomic E-state index is -0.0461. The van der Waals surface area contributed by atoms with Gasteiger partial charge in [-0.2, -0.15) is 0 Å². The van der Waals surface area contributed by atoms with Crippen LogP contribution in [0.4, 0.5) is 0 Å². The lowest BCUT2D eigenvalue weighted by Crippen LogP contribution is -2.35. The van der Waals surface area contributed by atoms with Crippen molar-refractivity contribution in [3.05, 3.63) is 25.7 Å². The van der Waals surface area contributed by atoms with E-state index in [9.17, 15) is 9.59 Å². The van der Waals surface area contributed by atoms with Crippen molar-refractivity contribution in [2.24, 2.45) is 10.8 Å². The van der Waals surface area contributed by atoms with Gasteiger partial charge in [-0.15, -0.1) is 0 Å². The number of hydrogen-bond donors (Lipinski definition) is 0. The first-order valence-corrected chi connectivity index (χ1v) is 19.3. The predicted octanol–water partition coefficient (Wildman–Crippen LogP) is 11.3. The largest absolute Gasteiger partial charge is 0.501 e. The molecule has 0 atom stereocenters. The number of unbranched alkanes of at least 4 members (excludes halogenated alkanes) is 15. The summed E-state index contributed by atoms with van der Waals surface area (Å²) in [5.74, 6) is -0.0922. The number of ether oxygens (including phenoxy) is 4. The number of hydrogen-bond acceptors (Lipinski definition) is 6. The first-order chi connectivity index (χ1) is 22.5. The van der Waals surface area contributed by atoms with Crippen LogP contribution >= 0.6 is 0 Å². The van der Waals surface area contributed by atoms with Crippen LogP contribution in [-0.2, 0) is 28.5 Å². The van der Waals surface area contributed by atoms with E-state index in [0.717, 1.165) is 51.4 Å².